The summed E-state index contributed by atoms with van der Waals surface area (Å²) in [4.78, 5) is 14.3. The number of carbonyl (C=O) groups excluding carboxylic acids is 1. The van der Waals surface area contributed by atoms with E-state index in [0.717, 1.165) is 25.9 Å². The standard InChI is InChI=1S/C15H22N2O/c1-12-6-3-4-7-13(12)10-16-15(18)14-8-5-9-17(2)11-14/h3-4,6-7,14H,5,8-11H2,1-2H3,(H,16,18). The molecule has 1 saturated heterocycles. The Bertz CT molecular complexity index is 417. The van der Waals surface area contributed by atoms with Crippen LogP contribution < -0.4 is 5.32 Å². The van der Waals surface area contributed by atoms with Gasteiger partial charge in [-0.15, -0.1) is 0 Å². The lowest BCUT2D eigenvalue weighted by atomic mass is 9.97. The average molecular weight is 246 g/mol. The fourth-order valence-electron chi connectivity index (χ4n) is 2.52. The third-order valence-electron chi connectivity index (χ3n) is 3.71. The number of amides is 1. The van der Waals surface area contributed by atoms with Gasteiger partial charge in [-0.3, -0.25) is 4.79 Å². The van der Waals surface area contributed by atoms with E-state index in [4.69, 9.17) is 0 Å². The van der Waals surface area contributed by atoms with Crippen LogP contribution in [0, 0.1) is 12.8 Å². The molecular formula is C15H22N2O. The van der Waals surface area contributed by atoms with Crippen molar-refractivity contribution >= 4 is 5.91 Å². The Morgan fingerprint density at radius 2 is 2.22 bits per heavy atom. The van der Waals surface area contributed by atoms with Gasteiger partial charge in [-0.2, -0.15) is 0 Å². The molecule has 1 heterocycles. The van der Waals surface area contributed by atoms with Crippen LogP contribution in [0.25, 0.3) is 0 Å². The van der Waals surface area contributed by atoms with Gasteiger partial charge in [-0.05, 0) is 44.5 Å². The first-order valence-corrected chi connectivity index (χ1v) is 6.67. The highest BCUT2D eigenvalue weighted by Gasteiger charge is 2.23. The first kappa shape index (κ1) is 13.1. The molecule has 1 aromatic rings. The molecule has 1 aromatic carbocycles. The van der Waals surface area contributed by atoms with Crippen molar-refractivity contribution in [3.8, 4) is 0 Å². The van der Waals surface area contributed by atoms with Gasteiger partial charge in [0.15, 0.2) is 0 Å². The van der Waals surface area contributed by atoms with E-state index in [9.17, 15) is 4.79 Å². The van der Waals surface area contributed by atoms with Gasteiger partial charge < -0.3 is 10.2 Å². The molecule has 0 bridgehead atoms. The normalized spacial score (nSPS) is 20.7. The van der Waals surface area contributed by atoms with Gasteiger partial charge >= 0.3 is 0 Å². The highest BCUT2D eigenvalue weighted by molar-refractivity contribution is 5.79. The lowest BCUT2D eigenvalue weighted by Gasteiger charge is -2.28. The molecular weight excluding hydrogens is 224 g/mol. The maximum absolute atomic E-state index is 12.1. The van der Waals surface area contributed by atoms with Gasteiger partial charge in [-0.1, -0.05) is 24.3 Å². The fraction of sp³-hybridized carbons (Fsp3) is 0.533. The SMILES string of the molecule is Cc1ccccc1CNC(=O)C1CCCN(C)C1. The summed E-state index contributed by atoms with van der Waals surface area (Å²) in [5, 5.41) is 3.06. The van der Waals surface area contributed by atoms with E-state index in [2.05, 4.69) is 36.3 Å². The Morgan fingerprint density at radius 3 is 2.94 bits per heavy atom. The first-order valence-electron chi connectivity index (χ1n) is 6.67. The number of nitrogens with one attached hydrogen (secondary N) is 1. The van der Waals surface area contributed by atoms with Crippen molar-refractivity contribution in [1.29, 1.82) is 0 Å². The smallest absolute Gasteiger partial charge is 0.224 e. The van der Waals surface area contributed by atoms with Crippen LogP contribution in [0.2, 0.25) is 0 Å². The van der Waals surface area contributed by atoms with Crippen molar-refractivity contribution in [3.63, 3.8) is 0 Å². The van der Waals surface area contributed by atoms with Crippen LogP contribution in [0.4, 0.5) is 0 Å². The van der Waals surface area contributed by atoms with Crippen LogP contribution in [0.15, 0.2) is 24.3 Å². The number of aryl methyl sites for hydroxylation is 1. The monoisotopic (exact) mass is 246 g/mol. The zero-order valence-corrected chi connectivity index (χ0v) is 11.3. The Hall–Kier alpha value is -1.35. The van der Waals surface area contributed by atoms with E-state index in [0.29, 0.717) is 6.54 Å². The summed E-state index contributed by atoms with van der Waals surface area (Å²) in [6.07, 6.45) is 2.14. The highest BCUT2D eigenvalue weighted by Crippen LogP contribution is 2.15. The maximum Gasteiger partial charge on any atom is 0.224 e. The summed E-state index contributed by atoms with van der Waals surface area (Å²) in [6.45, 7) is 4.72. The third-order valence-corrected chi connectivity index (χ3v) is 3.71. The van der Waals surface area contributed by atoms with E-state index >= 15 is 0 Å². The minimum Gasteiger partial charge on any atom is -0.352 e. The van der Waals surface area contributed by atoms with Gasteiger partial charge in [0, 0.05) is 13.1 Å². The van der Waals surface area contributed by atoms with E-state index in [1.807, 2.05) is 12.1 Å². The summed E-state index contributed by atoms with van der Waals surface area (Å²) in [7, 11) is 2.08. The predicted octanol–water partition coefficient (Wildman–Crippen LogP) is 1.95. The second-order valence-corrected chi connectivity index (χ2v) is 5.25. The average Bonchev–Trinajstić information content (AvgIpc) is 2.37. The quantitative estimate of drug-likeness (QED) is 0.884. The minimum absolute atomic E-state index is 0.160. The molecule has 1 fully saturated rings. The molecule has 18 heavy (non-hydrogen) atoms. The van der Waals surface area contributed by atoms with E-state index < -0.39 is 0 Å². The third kappa shape index (κ3) is 3.33. The summed E-state index contributed by atoms with van der Waals surface area (Å²) >= 11 is 0. The second-order valence-electron chi connectivity index (χ2n) is 5.25. The number of benzene rings is 1. The van der Waals surface area contributed by atoms with Crippen molar-refractivity contribution in [3.05, 3.63) is 35.4 Å². The molecule has 2 rings (SSSR count). The zero-order valence-electron chi connectivity index (χ0n) is 11.3. The highest BCUT2D eigenvalue weighted by atomic mass is 16.1. The van der Waals surface area contributed by atoms with Crippen molar-refractivity contribution in [2.24, 2.45) is 5.92 Å². The number of likely N-dealkylation sites (tertiary alicyclic amines) is 1. The van der Waals surface area contributed by atoms with Crippen molar-refractivity contribution in [1.82, 2.24) is 10.2 Å². The number of rotatable bonds is 3. The Labute approximate surface area is 109 Å². The number of hydrogen-bond acceptors (Lipinski definition) is 2. The lowest BCUT2D eigenvalue weighted by molar-refractivity contribution is -0.126. The summed E-state index contributed by atoms with van der Waals surface area (Å²) in [6, 6.07) is 8.19. The molecule has 0 saturated carbocycles. The van der Waals surface area contributed by atoms with Gasteiger partial charge in [0.1, 0.15) is 0 Å². The maximum atomic E-state index is 12.1. The van der Waals surface area contributed by atoms with Crippen LogP contribution in [-0.4, -0.2) is 30.9 Å². The van der Waals surface area contributed by atoms with Crippen LogP contribution in [0.3, 0.4) is 0 Å². The Kier molecular flexibility index (Phi) is 4.37. The molecule has 98 valence electrons. The number of hydrogen-bond donors (Lipinski definition) is 1. The Balaban J connectivity index is 1.86. The number of carbonyl (C=O) groups is 1. The summed E-state index contributed by atoms with van der Waals surface area (Å²) < 4.78 is 0. The largest absolute Gasteiger partial charge is 0.352 e. The van der Waals surface area contributed by atoms with Gasteiger partial charge in [0.05, 0.1) is 5.92 Å². The minimum atomic E-state index is 0.160. The van der Waals surface area contributed by atoms with Crippen LogP contribution in [-0.2, 0) is 11.3 Å². The summed E-state index contributed by atoms with van der Waals surface area (Å²) in [5.74, 6) is 0.359. The van der Waals surface area contributed by atoms with Crippen LogP contribution >= 0.6 is 0 Å². The molecule has 1 amide bonds. The van der Waals surface area contributed by atoms with Crippen molar-refractivity contribution < 1.29 is 4.79 Å². The van der Waals surface area contributed by atoms with E-state index in [1.165, 1.54) is 11.1 Å². The predicted molar refractivity (Wildman–Crippen MR) is 73.2 cm³/mol. The van der Waals surface area contributed by atoms with Crippen molar-refractivity contribution in [2.45, 2.75) is 26.3 Å². The first-order chi connectivity index (χ1) is 8.66. The Morgan fingerprint density at radius 1 is 1.44 bits per heavy atom. The number of piperidine rings is 1. The molecule has 1 atom stereocenters. The topological polar surface area (TPSA) is 32.3 Å². The van der Waals surface area contributed by atoms with Crippen LogP contribution in [0.5, 0.6) is 0 Å². The zero-order chi connectivity index (χ0) is 13.0. The fourth-order valence-corrected chi connectivity index (χ4v) is 2.52. The van der Waals surface area contributed by atoms with Crippen molar-refractivity contribution in [2.75, 3.05) is 20.1 Å². The molecule has 3 heteroatoms. The lowest BCUT2D eigenvalue weighted by Crippen LogP contribution is -2.41. The molecule has 0 aliphatic carbocycles. The molecule has 1 aliphatic heterocycles. The molecule has 1 unspecified atom stereocenters. The molecule has 0 radical (unpaired) electrons. The molecule has 0 aromatic heterocycles. The second kappa shape index (κ2) is 6.01. The molecule has 1 aliphatic rings. The van der Waals surface area contributed by atoms with E-state index in [1.54, 1.807) is 0 Å². The molecule has 3 nitrogen and oxygen atoms in total. The van der Waals surface area contributed by atoms with E-state index in [-0.39, 0.29) is 11.8 Å². The van der Waals surface area contributed by atoms with Gasteiger partial charge in [0.2, 0.25) is 5.91 Å². The van der Waals surface area contributed by atoms with Gasteiger partial charge in [0.25, 0.3) is 0 Å². The molecule has 1 N–H and O–H groups in total. The van der Waals surface area contributed by atoms with Crippen LogP contribution in [0.1, 0.15) is 24.0 Å². The number of nitrogens with zero attached hydrogens (tertiary/aromatic N) is 1. The summed E-state index contributed by atoms with van der Waals surface area (Å²) in [5.41, 5.74) is 2.44. The molecule has 0 spiro atoms. The van der Waals surface area contributed by atoms with Gasteiger partial charge in [-0.25, -0.2) is 0 Å².